The molecule has 266 valence electrons. The molecule has 11 rings (SSSR count). The van der Waals surface area contributed by atoms with E-state index in [2.05, 4.69) is 187 Å². The molecule has 0 atom stereocenters. The summed E-state index contributed by atoms with van der Waals surface area (Å²) in [7, 11) is 0. The van der Waals surface area contributed by atoms with Gasteiger partial charge in [-0.15, -0.1) is 0 Å². The van der Waals surface area contributed by atoms with Gasteiger partial charge in [0.05, 0.1) is 11.6 Å². The smallest absolute Gasteiger partial charge is 0.142 e. The van der Waals surface area contributed by atoms with E-state index in [4.69, 9.17) is 4.42 Å². The van der Waals surface area contributed by atoms with Crippen molar-refractivity contribution in [3.63, 3.8) is 0 Å². The maximum Gasteiger partial charge on any atom is 0.142 e. The molecule has 57 heavy (non-hydrogen) atoms. The summed E-state index contributed by atoms with van der Waals surface area (Å²) < 4.78 is 7.44. The molecule has 3 nitrogen and oxygen atoms in total. The quantitative estimate of drug-likeness (QED) is 0.171. The molecular formula is C54H34N2O. The highest BCUT2D eigenvalue weighted by Gasteiger charge is 2.55. The van der Waals surface area contributed by atoms with Crippen LogP contribution < -0.4 is 4.90 Å². The summed E-state index contributed by atoms with van der Waals surface area (Å²) >= 11 is 0. The summed E-state index contributed by atoms with van der Waals surface area (Å²) in [5.74, 6) is 1.82. The van der Waals surface area contributed by atoms with Gasteiger partial charge in [0.15, 0.2) is 0 Å². The number of nitriles is 1. The Morgan fingerprint density at radius 1 is 0.386 bits per heavy atom. The van der Waals surface area contributed by atoms with Gasteiger partial charge >= 0.3 is 0 Å². The topological polar surface area (TPSA) is 40.2 Å². The van der Waals surface area contributed by atoms with Gasteiger partial charge in [-0.2, -0.15) is 5.26 Å². The third kappa shape index (κ3) is 4.91. The van der Waals surface area contributed by atoms with Crippen LogP contribution in [0, 0.1) is 11.3 Å². The number of rotatable bonds is 6. The van der Waals surface area contributed by atoms with Gasteiger partial charge in [-0.1, -0.05) is 146 Å². The Morgan fingerprint density at radius 2 is 0.807 bits per heavy atom. The van der Waals surface area contributed by atoms with Crippen LogP contribution in [0.1, 0.15) is 28.0 Å². The average molecular weight is 727 g/mol. The molecule has 0 aliphatic heterocycles. The van der Waals surface area contributed by atoms with E-state index in [0.717, 1.165) is 56.4 Å². The maximum atomic E-state index is 9.57. The molecule has 0 saturated carbocycles. The van der Waals surface area contributed by atoms with Crippen molar-refractivity contribution in [2.24, 2.45) is 0 Å². The van der Waals surface area contributed by atoms with E-state index in [1.165, 1.54) is 38.9 Å². The third-order valence-corrected chi connectivity index (χ3v) is 11.7. The van der Waals surface area contributed by atoms with Gasteiger partial charge in [0, 0.05) is 33.8 Å². The van der Waals surface area contributed by atoms with E-state index in [1.807, 2.05) is 30.3 Å². The molecule has 3 heteroatoms. The van der Waals surface area contributed by atoms with Gasteiger partial charge < -0.3 is 9.32 Å². The molecule has 0 bridgehead atoms. The first-order valence-electron chi connectivity index (χ1n) is 19.3. The van der Waals surface area contributed by atoms with Crippen LogP contribution in [0.5, 0.6) is 0 Å². The lowest BCUT2D eigenvalue weighted by Crippen LogP contribution is -2.25. The largest absolute Gasteiger partial charge is 0.458 e. The Bertz CT molecular complexity index is 2950. The minimum atomic E-state index is -0.584. The first-order chi connectivity index (χ1) is 28.2. The zero-order valence-electron chi connectivity index (χ0n) is 30.9. The zero-order valence-corrected chi connectivity index (χ0v) is 30.9. The van der Waals surface area contributed by atoms with Crippen molar-refractivity contribution < 1.29 is 4.42 Å². The van der Waals surface area contributed by atoms with Crippen LogP contribution in [0.4, 0.5) is 17.1 Å². The average Bonchev–Trinajstić information content (AvgIpc) is 3.92. The molecular weight excluding hydrogens is 693 g/mol. The van der Waals surface area contributed by atoms with Crippen molar-refractivity contribution in [2.45, 2.75) is 5.41 Å². The van der Waals surface area contributed by atoms with E-state index in [9.17, 15) is 5.26 Å². The van der Waals surface area contributed by atoms with Crippen LogP contribution in [0.25, 0.3) is 55.8 Å². The van der Waals surface area contributed by atoms with Gasteiger partial charge in [0.1, 0.15) is 16.9 Å². The van der Waals surface area contributed by atoms with E-state index < -0.39 is 5.41 Å². The fraction of sp³-hybridized carbons (Fsp3) is 0.0185. The second kappa shape index (κ2) is 13.0. The molecule has 2 aliphatic carbocycles. The van der Waals surface area contributed by atoms with Crippen molar-refractivity contribution in [2.75, 3.05) is 4.90 Å². The zero-order chi connectivity index (χ0) is 37.9. The van der Waals surface area contributed by atoms with Crippen LogP contribution in [0.15, 0.2) is 211 Å². The number of benzene rings is 8. The highest BCUT2D eigenvalue weighted by atomic mass is 16.3. The molecule has 0 saturated heterocycles. The molecule has 9 aromatic rings. The first kappa shape index (κ1) is 32.7. The van der Waals surface area contributed by atoms with E-state index in [-0.39, 0.29) is 0 Å². The molecule has 1 heterocycles. The van der Waals surface area contributed by atoms with Gasteiger partial charge in [0.25, 0.3) is 0 Å². The minimum Gasteiger partial charge on any atom is -0.458 e. The van der Waals surface area contributed by atoms with Crippen LogP contribution >= 0.6 is 0 Å². The predicted molar refractivity (Wildman–Crippen MR) is 231 cm³/mol. The Labute approximate surface area is 332 Å². The summed E-state index contributed by atoms with van der Waals surface area (Å²) in [6, 6.07) is 75.0. The van der Waals surface area contributed by atoms with Gasteiger partial charge in [-0.25, -0.2) is 0 Å². The predicted octanol–water partition coefficient (Wildman–Crippen LogP) is 14.0. The van der Waals surface area contributed by atoms with Crippen molar-refractivity contribution in [1.29, 1.82) is 5.26 Å². The molecule has 0 fully saturated rings. The van der Waals surface area contributed by atoms with E-state index in [1.54, 1.807) is 0 Å². The standard InChI is InChI=1S/C54H34N2O/c55-35-36-23-29-41(30-24-36)56(42-31-25-38(26-32-42)37-13-3-1-4-14-37)43-33-27-40(28-34-43)52-50(39-15-5-2-6-16-39)51-46-19-9-12-22-49(46)54(53(51)57-52)47-20-10-7-17-44(47)45-18-8-11-21-48(45)54/h1-34H. The SMILES string of the molecule is N#Cc1ccc(N(c2ccc(-c3ccccc3)cc2)c2ccc(-c3oc4c(c3-c3ccccc3)-c3ccccc3C43c4ccccc4-c4ccccc43)cc2)cc1. The Hall–Kier alpha value is -7.67. The number of anilines is 3. The molecule has 8 aromatic carbocycles. The van der Waals surface area contributed by atoms with E-state index >= 15 is 0 Å². The highest BCUT2D eigenvalue weighted by Crippen LogP contribution is 2.66. The number of hydrogen-bond acceptors (Lipinski definition) is 3. The lowest BCUT2D eigenvalue weighted by Gasteiger charge is -2.28. The number of fused-ring (bicyclic) bond motifs is 10. The summed E-state index contributed by atoms with van der Waals surface area (Å²) in [6.07, 6.45) is 0. The number of hydrogen-bond donors (Lipinski definition) is 0. The van der Waals surface area contributed by atoms with Crippen LogP contribution in [-0.4, -0.2) is 0 Å². The first-order valence-corrected chi connectivity index (χ1v) is 19.3. The lowest BCUT2D eigenvalue weighted by molar-refractivity contribution is 0.485. The van der Waals surface area contributed by atoms with Crippen molar-refractivity contribution in [3.8, 4) is 61.9 Å². The summed E-state index contributed by atoms with van der Waals surface area (Å²) in [5, 5.41) is 9.57. The normalized spacial score (nSPS) is 12.7. The molecule has 1 spiro atoms. The maximum absolute atomic E-state index is 9.57. The Balaban J connectivity index is 1.09. The van der Waals surface area contributed by atoms with E-state index in [0.29, 0.717) is 5.56 Å². The second-order valence-electron chi connectivity index (χ2n) is 14.7. The monoisotopic (exact) mass is 726 g/mol. The Kier molecular flexibility index (Phi) is 7.45. The van der Waals surface area contributed by atoms with Crippen LogP contribution in [-0.2, 0) is 5.41 Å². The van der Waals surface area contributed by atoms with Crippen molar-refractivity contribution >= 4 is 17.1 Å². The molecule has 0 unspecified atom stereocenters. The molecule has 0 N–H and O–H groups in total. The van der Waals surface area contributed by atoms with Crippen molar-refractivity contribution in [3.05, 3.63) is 234 Å². The molecule has 1 aromatic heterocycles. The van der Waals surface area contributed by atoms with Gasteiger partial charge in [0.2, 0.25) is 0 Å². The summed E-state index contributed by atoms with van der Waals surface area (Å²) in [4.78, 5) is 2.23. The number of nitrogens with zero attached hydrogens (tertiary/aromatic N) is 2. The van der Waals surface area contributed by atoms with Gasteiger partial charge in [-0.3, -0.25) is 0 Å². The third-order valence-electron chi connectivity index (χ3n) is 11.7. The van der Waals surface area contributed by atoms with Crippen LogP contribution in [0.3, 0.4) is 0 Å². The Morgan fingerprint density at radius 3 is 1.35 bits per heavy atom. The van der Waals surface area contributed by atoms with Gasteiger partial charge in [-0.05, 0) is 111 Å². The molecule has 2 aliphatic rings. The lowest BCUT2D eigenvalue weighted by atomic mass is 9.73. The fourth-order valence-electron chi connectivity index (χ4n) is 9.28. The highest BCUT2D eigenvalue weighted by molar-refractivity contribution is 6.02. The fourth-order valence-corrected chi connectivity index (χ4v) is 9.28. The second-order valence-corrected chi connectivity index (χ2v) is 14.7. The molecule has 0 radical (unpaired) electrons. The molecule has 0 amide bonds. The minimum absolute atomic E-state index is 0.584. The summed E-state index contributed by atoms with van der Waals surface area (Å²) in [5.41, 5.74) is 17.2. The van der Waals surface area contributed by atoms with Crippen LogP contribution in [0.2, 0.25) is 0 Å². The van der Waals surface area contributed by atoms with Crippen molar-refractivity contribution in [1.82, 2.24) is 0 Å². The number of furan rings is 1. The summed E-state index contributed by atoms with van der Waals surface area (Å²) in [6.45, 7) is 0.